The highest BCUT2D eigenvalue weighted by Gasteiger charge is 2.09. The summed E-state index contributed by atoms with van der Waals surface area (Å²) >= 11 is 2.30. The van der Waals surface area contributed by atoms with Gasteiger partial charge in [0.1, 0.15) is 0 Å². The average Bonchev–Trinajstić information content (AvgIpc) is 2.67. The number of fused-ring (bicyclic) bond motifs is 1. The SMILES string of the molecule is C/C(=N\CC(C)(C)C)c1ccc2ccn(I)c2c1. The molecule has 0 fully saturated rings. The Morgan fingerprint density at radius 3 is 2.67 bits per heavy atom. The number of benzene rings is 1. The van der Waals surface area contributed by atoms with Crippen LogP contribution in [0.1, 0.15) is 33.3 Å². The van der Waals surface area contributed by atoms with Crippen LogP contribution in [0.3, 0.4) is 0 Å². The van der Waals surface area contributed by atoms with E-state index in [1.54, 1.807) is 0 Å². The molecule has 2 rings (SSSR count). The Labute approximate surface area is 123 Å². The number of nitrogens with zero attached hydrogens (tertiary/aromatic N) is 2. The lowest BCUT2D eigenvalue weighted by molar-refractivity contribution is 0.429. The monoisotopic (exact) mass is 354 g/mol. The molecule has 0 unspecified atom stereocenters. The number of rotatable bonds is 2. The molecular formula is C15H19IN2. The quantitative estimate of drug-likeness (QED) is 0.550. The summed E-state index contributed by atoms with van der Waals surface area (Å²) in [5.74, 6) is 0. The summed E-state index contributed by atoms with van der Waals surface area (Å²) in [5.41, 5.74) is 3.82. The maximum Gasteiger partial charge on any atom is 0.0640 e. The van der Waals surface area contributed by atoms with Crippen LogP contribution < -0.4 is 0 Å². The van der Waals surface area contributed by atoms with Gasteiger partial charge in [0.25, 0.3) is 0 Å². The molecular weight excluding hydrogens is 335 g/mol. The summed E-state index contributed by atoms with van der Waals surface area (Å²) in [6, 6.07) is 8.66. The molecule has 0 spiro atoms. The molecule has 1 aromatic carbocycles. The van der Waals surface area contributed by atoms with Crippen LogP contribution in [0.25, 0.3) is 10.9 Å². The smallest absolute Gasteiger partial charge is 0.0640 e. The number of hydrogen-bond acceptors (Lipinski definition) is 1. The second-order valence-electron chi connectivity index (χ2n) is 5.86. The first-order valence-electron chi connectivity index (χ1n) is 6.15. The lowest BCUT2D eigenvalue weighted by Crippen LogP contribution is -2.11. The predicted molar refractivity (Wildman–Crippen MR) is 87.9 cm³/mol. The Morgan fingerprint density at radius 1 is 1.28 bits per heavy atom. The van der Waals surface area contributed by atoms with Crippen molar-refractivity contribution in [1.29, 1.82) is 0 Å². The van der Waals surface area contributed by atoms with Crippen molar-refractivity contribution in [2.45, 2.75) is 27.7 Å². The highest BCUT2D eigenvalue weighted by molar-refractivity contribution is 14.1. The second kappa shape index (κ2) is 5.03. The van der Waals surface area contributed by atoms with Crippen molar-refractivity contribution in [3.63, 3.8) is 0 Å². The van der Waals surface area contributed by atoms with E-state index in [-0.39, 0.29) is 5.41 Å². The molecule has 0 aliphatic heterocycles. The molecule has 18 heavy (non-hydrogen) atoms. The van der Waals surface area contributed by atoms with Crippen LogP contribution in [0.4, 0.5) is 0 Å². The predicted octanol–water partition coefficient (Wildman–Crippen LogP) is 4.69. The van der Waals surface area contributed by atoms with Gasteiger partial charge in [0.2, 0.25) is 0 Å². The standard InChI is InChI=1S/C15H19IN2/c1-11(17-10-15(2,3)4)13-6-5-12-7-8-18(16)14(12)9-13/h5-9H,10H2,1-4H3/b17-11+. The molecule has 3 heteroatoms. The van der Waals surface area contributed by atoms with Gasteiger partial charge in [-0.1, -0.05) is 32.9 Å². The van der Waals surface area contributed by atoms with Gasteiger partial charge in [0, 0.05) is 23.8 Å². The summed E-state index contributed by atoms with van der Waals surface area (Å²) in [4.78, 5) is 4.69. The average molecular weight is 354 g/mol. The van der Waals surface area contributed by atoms with Gasteiger partial charge in [-0.3, -0.25) is 7.77 Å². The van der Waals surface area contributed by atoms with Crippen LogP contribution in [0, 0.1) is 5.41 Å². The molecule has 0 N–H and O–H groups in total. The lowest BCUT2D eigenvalue weighted by atomic mass is 9.97. The van der Waals surface area contributed by atoms with E-state index in [0.717, 1.165) is 12.3 Å². The van der Waals surface area contributed by atoms with Crippen molar-refractivity contribution in [2.24, 2.45) is 10.4 Å². The summed E-state index contributed by atoms with van der Waals surface area (Å²) < 4.78 is 2.12. The lowest BCUT2D eigenvalue weighted by Gasteiger charge is -2.15. The number of aliphatic imine (C=N–C) groups is 1. The van der Waals surface area contributed by atoms with E-state index < -0.39 is 0 Å². The Kier molecular flexibility index (Phi) is 3.80. The van der Waals surface area contributed by atoms with Crippen LogP contribution in [-0.4, -0.2) is 15.0 Å². The van der Waals surface area contributed by atoms with Crippen molar-refractivity contribution in [3.8, 4) is 0 Å². The highest BCUT2D eigenvalue weighted by Crippen LogP contribution is 2.20. The van der Waals surface area contributed by atoms with E-state index in [1.165, 1.54) is 16.5 Å². The topological polar surface area (TPSA) is 17.3 Å². The van der Waals surface area contributed by atoms with Gasteiger partial charge in [0.05, 0.1) is 28.4 Å². The molecule has 2 nitrogen and oxygen atoms in total. The first-order valence-corrected chi connectivity index (χ1v) is 7.12. The molecule has 1 aromatic heterocycles. The van der Waals surface area contributed by atoms with Crippen LogP contribution in [-0.2, 0) is 0 Å². The van der Waals surface area contributed by atoms with Gasteiger partial charge in [0.15, 0.2) is 0 Å². The maximum atomic E-state index is 4.69. The first kappa shape index (κ1) is 13.6. The third kappa shape index (κ3) is 3.13. The fourth-order valence-electron chi connectivity index (χ4n) is 1.77. The van der Waals surface area contributed by atoms with Gasteiger partial charge in [-0.15, -0.1) is 0 Å². The van der Waals surface area contributed by atoms with Crippen molar-refractivity contribution < 1.29 is 0 Å². The largest absolute Gasteiger partial charge is 0.290 e. The van der Waals surface area contributed by atoms with Crippen molar-refractivity contribution in [3.05, 3.63) is 36.0 Å². The molecule has 2 aromatic rings. The molecule has 0 atom stereocenters. The minimum absolute atomic E-state index is 0.245. The van der Waals surface area contributed by atoms with Crippen molar-refractivity contribution >= 4 is 39.5 Å². The third-order valence-corrected chi connectivity index (χ3v) is 3.70. The minimum Gasteiger partial charge on any atom is -0.290 e. The van der Waals surface area contributed by atoms with Crippen molar-refractivity contribution in [2.75, 3.05) is 6.54 Å². The van der Waals surface area contributed by atoms with Gasteiger partial charge < -0.3 is 0 Å². The van der Waals surface area contributed by atoms with Crippen LogP contribution in [0.2, 0.25) is 0 Å². The van der Waals surface area contributed by atoms with Crippen LogP contribution in [0.5, 0.6) is 0 Å². The summed E-state index contributed by atoms with van der Waals surface area (Å²) in [7, 11) is 0. The minimum atomic E-state index is 0.245. The molecule has 0 saturated heterocycles. The van der Waals surface area contributed by atoms with E-state index in [2.05, 4.69) is 83.8 Å². The van der Waals surface area contributed by atoms with E-state index in [0.29, 0.717) is 0 Å². The number of halogens is 1. The third-order valence-electron chi connectivity index (χ3n) is 2.85. The molecule has 0 saturated carbocycles. The first-order chi connectivity index (χ1) is 8.37. The zero-order chi connectivity index (χ0) is 13.3. The molecule has 0 amide bonds. The van der Waals surface area contributed by atoms with E-state index >= 15 is 0 Å². The van der Waals surface area contributed by atoms with E-state index in [9.17, 15) is 0 Å². The van der Waals surface area contributed by atoms with E-state index in [4.69, 9.17) is 4.99 Å². The summed E-state index contributed by atoms with van der Waals surface area (Å²) in [6.07, 6.45) is 2.08. The Bertz CT molecular complexity index is 588. The molecule has 0 aliphatic rings. The summed E-state index contributed by atoms with van der Waals surface area (Å²) in [5, 5.41) is 1.27. The molecule has 96 valence electrons. The summed E-state index contributed by atoms with van der Waals surface area (Å²) in [6.45, 7) is 9.59. The zero-order valence-electron chi connectivity index (χ0n) is 11.4. The van der Waals surface area contributed by atoms with E-state index in [1.807, 2.05) is 0 Å². The van der Waals surface area contributed by atoms with Gasteiger partial charge in [-0.2, -0.15) is 0 Å². The van der Waals surface area contributed by atoms with Gasteiger partial charge in [-0.05, 0) is 30.0 Å². The van der Waals surface area contributed by atoms with Crippen LogP contribution in [0.15, 0.2) is 35.5 Å². The second-order valence-corrected chi connectivity index (χ2v) is 6.90. The fraction of sp³-hybridized carbons (Fsp3) is 0.400. The molecule has 1 heterocycles. The molecule has 0 radical (unpaired) electrons. The van der Waals surface area contributed by atoms with Crippen molar-refractivity contribution in [1.82, 2.24) is 2.78 Å². The Hall–Kier alpha value is -0.840. The normalized spacial score (nSPS) is 13.3. The molecule has 0 bridgehead atoms. The maximum absolute atomic E-state index is 4.69. The Morgan fingerprint density at radius 2 is 2.00 bits per heavy atom. The Balaban J connectivity index is 2.33. The van der Waals surface area contributed by atoms with Gasteiger partial charge in [-0.25, -0.2) is 0 Å². The zero-order valence-corrected chi connectivity index (χ0v) is 13.5. The fourth-order valence-corrected chi connectivity index (χ4v) is 2.35. The van der Waals surface area contributed by atoms with Gasteiger partial charge >= 0.3 is 0 Å². The number of aromatic nitrogens is 1. The molecule has 0 aliphatic carbocycles. The number of hydrogen-bond donors (Lipinski definition) is 0. The highest BCUT2D eigenvalue weighted by atomic mass is 127. The van der Waals surface area contributed by atoms with Crippen LogP contribution >= 0.6 is 22.9 Å².